The van der Waals surface area contributed by atoms with Crippen LogP contribution in [0.5, 0.6) is 0 Å². The molecule has 1 aliphatic rings. The Morgan fingerprint density at radius 2 is 1.97 bits per heavy atom. The fourth-order valence-corrected chi connectivity index (χ4v) is 4.76. The summed E-state index contributed by atoms with van der Waals surface area (Å²) in [6.45, 7) is 8.72. The zero-order valence-electron chi connectivity index (χ0n) is 21.7. The molecule has 2 aromatic heterocycles. The number of carbonyl (C=O) groups excluding carboxylic acids is 1. The lowest BCUT2D eigenvalue weighted by atomic mass is 10.1. The highest BCUT2D eigenvalue weighted by atomic mass is 16.5. The first-order valence-electron chi connectivity index (χ1n) is 12.5. The van der Waals surface area contributed by atoms with Crippen LogP contribution in [-0.4, -0.2) is 56.7 Å². The largest absolute Gasteiger partial charge is 0.462 e. The molecule has 1 saturated heterocycles. The smallest absolute Gasteiger partial charge is 0.326 e. The van der Waals surface area contributed by atoms with Crippen molar-refractivity contribution in [3.8, 4) is 11.4 Å². The van der Waals surface area contributed by atoms with Gasteiger partial charge in [0.2, 0.25) is 0 Å². The molecular weight excluding hydrogens is 460 g/mol. The standard InChI is InChI=1S/C27H36N4O5/c1-16(2)36-27(34)24(18(4)32)28-14-19-6-7-23-22(13-19)29-25(31(23)21-8-10-35-11-9-21)20-12-17(3)26(33)30(5)15-20/h6-7,12-13,15-16,18,21,24,28,32H,8-11,14H2,1-5H3. The first-order chi connectivity index (χ1) is 17.2. The van der Waals surface area contributed by atoms with Crippen LogP contribution >= 0.6 is 0 Å². The van der Waals surface area contributed by atoms with E-state index in [1.807, 2.05) is 31.3 Å². The third kappa shape index (κ3) is 5.53. The Kier molecular flexibility index (Phi) is 7.92. The van der Waals surface area contributed by atoms with E-state index in [4.69, 9.17) is 14.5 Å². The zero-order chi connectivity index (χ0) is 26.0. The van der Waals surface area contributed by atoms with E-state index in [1.54, 1.807) is 32.4 Å². The molecule has 2 N–H and O–H groups in total. The number of hydrogen-bond donors (Lipinski definition) is 2. The SMILES string of the molecule is Cc1cc(-c2nc3cc(CNC(C(=O)OC(C)C)C(C)O)ccc3n2C2CCOCC2)cn(C)c1=O. The molecule has 0 radical (unpaired) electrons. The van der Waals surface area contributed by atoms with Gasteiger partial charge in [0.05, 0.1) is 23.2 Å². The summed E-state index contributed by atoms with van der Waals surface area (Å²) < 4.78 is 14.8. The maximum absolute atomic E-state index is 12.4. The number of esters is 1. The highest BCUT2D eigenvalue weighted by molar-refractivity contribution is 5.82. The molecule has 36 heavy (non-hydrogen) atoms. The Labute approximate surface area is 211 Å². The summed E-state index contributed by atoms with van der Waals surface area (Å²) in [7, 11) is 1.76. The molecule has 3 aromatic rings. The first kappa shape index (κ1) is 26.1. The van der Waals surface area contributed by atoms with Gasteiger partial charge >= 0.3 is 5.97 Å². The van der Waals surface area contributed by atoms with Gasteiger partial charge in [0.25, 0.3) is 5.56 Å². The van der Waals surface area contributed by atoms with Crippen LogP contribution in [0.4, 0.5) is 0 Å². The highest BCUT2D eigenvalue weighted by Crippen LogP contribution is 2.33. The van der Waals surface area contributed by atoms with Crippen LogP contribution in [0.25, 0.3) is 22.4 Å². The summed E-state index contributed by atoms with van der Waals surface area (Å²) in [6.07, 6.45) is 2.46. The van der Waals surface area contributed by atoms with Gasteiger partial charge in [-0.3, -0.25) is 14.9 Å². The topological polar surface area (TPSA) is 108 Å². The number of nitrogens with zero attached hydrogens (tertiary/aromatic N) is 3. The molecule has 1 aromatic carbocycles. The van der Waals surface area contributed by atoms with Crippen molar-refractivity contribution in [1.82, 2.24) is 19.4 Å². The quantitative estimate of drug-likeness (QED) is 0.462. The van der Waals surface area contributed by atoms with Crippen LogP contribution in [0.1, 0.15) is 50.8 Å². The molecule has 2 atom stereocenters. The minimum absolute atomic E-state index is 0.0236. The number of hydrogen-bond acceptors (Lipinski definition) is 7. The van der Waals surface area contributed by atoms with Gasteiger partial charge < -0.3 is 23.7 Å². The Morgan fingerprint density at radius 1 is 1.25 bits per heavy atom. The minimum Gasteiger partial charge on any atom is -0.462 e. The van der Waals surface area contributed by atoms with E-state index in [-0.39, 0.29) is 17.7 Å². The fourth-order valence-electron chi connectivity index (χ4n) is 4.76. The summed E-state index contributed by atoms with van der Waals surface area (Å²) in [5.74, 6) is 0.347. The molecule has 0 amide bonds. The van der Waals surface area contributed by atoms with Crippen LogP contribution in [-0.2, 0) is 27.9 Å². The number of nitrogens with one attached hydrogen (secondary N) is 1. The van der Waals surface area contributed by atoms with Crippen molar-refractivity contribution in [3.05, 3.63) is 51.9 Å². The van der Waals surface area contributed by atoms with Gasteiger partial charge in [0, 0.05) is 50.2 Å². The lowest BCUT2D eigenvalue weighted by Gasteiger charge is -2.26. The second kappa shape index (κ2) is 10.9. The maximum atomic E-state index is 12.4. The highest BCUT2D eigenvalue weighted by Gasteiger charge is 2.26. The predicted octanol–water partition coefficient (Wildman–Crippen LogP) is 2.85. The van der Waals surface area contributed by atoms with Crippen LogP contribution in [0.15, 0.2) is 35.3 Å². The van der Waals surface area contributed by atoms with E-state index in [1.165, 1.54) is 0 Å². The van der Waals surface area contributed by atoms with Gasteiger partial charge in [-0.2, -0.15) is 0 Å². The summed E-state index contributed by atoms with van der Waals surface area (Å²) in [6, 6.07) is 7.38. The molecule has 9 heteroatoms. The number of ether oxygens (including phenoxy) is 2. The van der Waals surface area contributed by atoms with Gasteiger partial charge in [-0.1, -0.05) is 6.07 Å². The Hall–Kier alpha value is -3.01. The van der Waals surface area contributed by atoms with Crippen molar-refractivity contribution in [1.29, 1.82) is 0 Å². The summed E-state index contributed by atoms with van der Waals surface area (Å²) >= 11 is 0. The van der Waals surface area contributed by atoms with Gasteiger partial charge in [0.15, 0.2) is 0 Å². The van der Waals surface area contributed by atoms with Crippen LogP contribution < -0.4 is 10.9 Å². The molecule has 2 unspecified atom stereocenters. The predicted molar refractivity (Wildman–Crippen MR) is 138 cm³/mol. The summed E-state index contributed by atoms with van der Waals surface area (Å²) in [5, 5.41) is 13.2. The molecule has 1 fully saturated rings. The monoisotopic (exact) mass is 496 g/mol. The summed E-state index contributed by atoms with van der Waals surface area (Å²) in [5.41, 5.74) is 4.32. The zero-order valence-corrected chi connectivity index (χ0v) is 21.7. The number of benzene rings is 1. The van der Waals surface area contributed by atoms with Gasteiger partial charge in [0.1, 0.15) is 11.9 Å². The lowest BCUT2D eigenvalue weighted by molar-refractivity contribution is -0.152. The summed E-state index contributed by atoms with van der Waals surface area (Å²) in [4.78, 5) is 29.7. The molecular formula is C27H36N4O5. The van der Waals surface area contributed by atoms with E-state index < -0.39 is 18.1 Å². The minimum atomic E-state index is -0.896. The normalized spacial score (nSPS) is 16.4. The molecule has 0 spiro atoms. The third-order valence-corrected chi connectivity index (χ3v) is 6.54. The molecule has 1 aliphatic heterocycles. The first-order valence-corrected chi connectivity index (χ1v) is 12.5. The number of aryl methyl sites for hydroxylation is 2. The van der Waals surface area contributed by atoms with E-state index in [0.717, 1.165) is 40.8 Å². The van der Waals surface area contributed by atoms with Gasteiger partial charge in [-0.15, -0.1) is 0 Å². The molecule has 3 heterocycles. The molecule has 9 nitrogen and oxygen atoms in total. The molecule has 0 saturated carbocycles. The van der Waals surface area contributed by atoms with E-state index >= 15 is 0 Å². The fraction of sp³-hybridized carbons (Fsp3) is 0.519. The van der Waals surface area contributed by atoms with E-state index in [0.29, 0.717) is 25.3 Å². The number of pyridine rings is 1. The second-order valence-corrected chi connectivity index (χ2v) is 9.88. The number of rotatable bonds is 8. The van der Waals surface area contributed by atoms with Gasteiger partial charge in [-0.25, -0.2) is 4.98 Å². The average Bonchev–Trinajstić information content (AvgIpc) is 3.21. The van der Waals surface area contributed by atoms with Gasteiger partial charge in [-0.05, 0) is 64.3 Å². The number of aliphatic hydroxyl groups is 1. The number of aliphatic hydroxyl groups excluding tert-OH is 1. The van der Waals surface area contributed by atoms with E-state index in [2.05, 4.69) is 16.0 Å². The molecule has 0 bridgehead atoms. The van der Waals surface area contributed by atoms with Crippen LogP contribution in [0.2, 0.25) is 0 Å². The average molecular weight is 497 g/mol. The molecule has 0 aliphatic carbocycles. The van der Waals surface area contributed by atoms with Crippen molar-refractivity contribution in [2.75, 3.05) is 13.2 Å². The number of aromatic nitrogens is 3. The molecule has 4 rings (SSSR count). The van der Waals surface area contributed by atoms with E-state index in [9.17, 15) is 14.7 Å². The molecule has 194 valence electrons. The van der Waals surface area contributed by atoms with Crippen LogP contribution in [0.3, 0.4) is 0 Å². The Balaban J connectivity index is 1.70. The lowest BCUT2D eigenvalue weighted by Crippen LogP contribution is -2.46. The maximum Gasteiger partial charge on any atom is 0.326 e. The second-order valence-electron chi connectivity index (χ2n) is 9.88. The van der Waals surface area contributed by atoms with Crippen LogP contribution in [0, 0.1) is 6.92 Å². The van der Waals surface area contributed by atoms with Crippen molar-refractivity contribution in [2.24, 2.45) is 7.05 Å². The van der Waals surface area contributed by atoms with Crippen molar-refractivity contribution < 1.29 is 19.4 Å². The van der Waals surface area contributed by atoms with Crippen molar-refractivity contribution in [2.45, 2.75) is 71.4 Å². The Bertz CT molecular complexity index is 1260. The number of imidazole rings is 1. The Morgan fingerprint density at radius 3 is 2.61 bits per heavy atom. The van der Waals surface area contributed by atoms with Crippen molar-refractivity contribution in [3.63, 3.8) is 0 Å². The van der Waals surface area contributed by atoms with Crippen molar-refractivity contribution >= 4 is 17.0 Å². The number of carbonyl (C=O) groups is 1. The third-order valence-electron chi connectivity index (χ3n) is 6.54. The number of fused-ring (bicyclic) bond motifs is 1.